The largest absolute Gasteiger partial charge is 0.482 e. The number of halogens is 1. The van der Waals surface area contributed by atoms with E-state index >= 15 is 0 Å². The molecule has 1 saturated carbocycles. The molecule has 2 aromatic carbocycles. The Morgan fingerprint density at radius 1 is 1.12 bits per heavy atom. The van der Waals surface area contributed by atoms with Gasteiger partial charge in [0.2, 0.25) is 5.91 Å². The van der Waals surface area contributed by atoms with Gasteiger partial charge in [-0.2, -0.15) is 0 Å². The predicted molar refractivity (Wildman–Crippen MR) is 128 cm³/mol. The van der Waals surface area contributed by atoms with E-state index in [9.17, 15) is 9.59 Å². The molecule has 5 nitrogen and oxygen atoms in total. The molecule has 172 valence electrons. The van der Waals surface area contributed by atoms with E-state index in [1.807, 2.05) is 50.2 Å². The Balaban J connectivity index is 1.76. The van der Waals surface area contributed by atoms with E-state index in [2.05, 4.69) is 5.32 Å². The average molecular weight is 457 g/mol. The van der Waals surface area contributed by atoms with Crippen LogP contribution in [-0.4, -0.2) is 35.4 Å². The van der Waals surface area contributed by atoms with Crippen LogP contribution in [0.25, 0.3) is 0 Å². The van der Waals surface area contributed by atoms with Gasteiger partial charge in [0, 0.05) is 12.6 Å². The number of carbonyl (C=O) groups is 2. The Kier molecular flexibility index (Phi) is 8.98. The van der Waals surface area contributed by atoms with Gasteiger partial charge >= 0.3 is 0 Å². The number of ether oxygens (including phenoxy) is 1. The molecular weight excluding hydrogens is 424 g/mol. The molecule has 1 fully saturated rings. The first-order valence-corrected chi connectivity index (χ1v) is 11.9. The number of para-hydroxylation sites is 1. The van der Waals surface area contributed by atoms with Gasteiger partial charge in [0.15, 0.2) is 6.61 Å². The van der Waals surface area contributed by atoms with E-state index in [4.69, 9.17) is 16.3 Å². The lowest BCUT2D eigenvalue weighted by Crippen LogP contribution is -2.52. The second-order valence-corrected chi connectivity index (χ2v) is 8.90. The number of hydrogen-bond donors (Lipinski definition) is 1. The Labute approximate surface area is 196 Å². The normalized spacial score (nSPS) is 15.1. The van der Waals surface area contributed by atoms with Gasteiger partial charge in [0.25, 0.3) is 5.91 Å². The number of rotatable bonds is 9. The molecule has 1 N–H and O–H groups in total. The fourth-order valence-electron chi connectivity index (χ4n) is 4.26. The summed E-state index contributed by atoms with van der Waals surface area (Å²) >= 11 is 6.17. The van der Waals surface area contributed by atoms with Crippen LogP contribution in [0.15, 0.2) is 48.5 Å². The summed E-state index contributed by atoms with van der Waals surface area (Å²) in [7, 11) is 0. The van der Waals surface area contributed by atoms with Crippen molar-refractivity contribution in [2.75, 3.05) is 6.61 Å². The highest BCUT2D eigenvalue weighted by Gasteiger charge is 2.30. The van der Waals surface area contributed by atoms with Crippen LogP contribution in [0, 0.1) is 6.92 Å². The molecule has 1 atom stereocenters. The molecule has 0 aromatic heterocycles. The van der Waals surface area contributed by atoms with Crippen LogP contribution in [0.3, 0.4) is 0 Å². The minimum Gasteiger partial charge on any atom is -0.482 e. The summed E-state index contributed by atoms with van der Waals surface area (Å²) in [5.74, 6) is 0.132. The van der Waals surface area contributed by atoms with Crippen LogP contribution in [0.5, 0.6) is 5.75 Å². The van der Waals surface area contributed by atoms with Crippen LogP contribution >= 0.6 is 11.6 Å². The van der Waals surface area contributed by atoms with Crippen molar-refractivity contribution in [3.63, 3.8) is 0 Å². The Hall–Kier alpha value is -2.53. The first-order chi connectivity index (χ1) is 15.5. The highest BCUT2D eigenvalue weighted by atomic mass is 35.5. The zero-order chi connectivity index (χ0) is 22.9. The van der Waals surface area contributed by atoms with E-state index in [-0.39, 0.29) is 24.5 Å². The number of nitrogens with one attached hydrogen (secondary N) is 1. The van der Waals surface area contributed by atoms with Gasteiger partial charge in [-0.1, -0.05) is 79.7 Å². The van der Waals surface area contributed by atoms with Gasteiger partial charge in [-0.05, 0) is 43.9 Å². The van der Waals surface area contributed by atoms with Crippen molar-refractivity contribution in [2.45, 2.75) is 71.0 Å². The zero-order valence-corrected chi connectivity index (χ0v) is 19.7. The third-order valence-electron chi connectivity index (χ3n) is 5.96. The summed E-state index contributed by atoms with van der Waals surface area (Å²) in [6.45, 7) is 4.13. The predicted octanol–water partition coefficient (Wildman–Crippen LogP) is 5.28. The van der Waals surface area contributed by atoms with Crippen LogP contribution in [0.1, 0.15) is 56.6 Å². The number of amides is 2. The SMILES string of the molecule is CCC(C(=O)NC1CCCCC1)N(Cc1cccc(C)c1)C(=O)COc1ccccc1Cl. The maximum atomic E-state index is 13.3. The van der Waals surface area contributed by atoms with Gasteiger partial charge in [0.1, 0.15) is 11.8 Å². The van der Waals surface area contributed by atoms with Gasteiger partial charge in [-0.3, -0.25) is 9.59 Å². The second kappa shape index (κ2) is 11.9. The third-order valence-corrected chi connectivity index (χ3v) is 6.27. The summed E-state index contributed by atoms with van der Waals surface area (Å²) in [4.78, 5) is 28.1. The molecule has 1 aliphatic rings. The number of carbonyl (C=O) groups excluding carboxylic acids is 2. The lowest BCUT2D eigenvalue weighted by atomic mass is 9.95. The highest BCUT2D eigenvalue weighted by molar-refractivity contribution is 6.32. The molecule has 2 amide bonds. The highest BCUT2D eigenvalue weighted by Crippen LogP contribution is 2.24. The van der Waals surface area contributed by atoms with E-state index in [1.165, 1.54) is 6.42 Å². The quantitative estimate of drug-likeness (QED) is 0.558. The average Bonchev–Trinajstić information content (AvgIpc) is 2.79. The van der Waals surface area contributed by atoms with Crippen molar-refractivity contribution in [1.29, 1.82) is 0 Å². The summed E-state index contributed by atoms with van der Waals surface area (Å²) in [5.41, 5.74) is 2.10. The molecule has 0 saturated heterocycles. The van der Waals surface area contributed by atoms with E-state index < -0.39 is 6.04 Å². The van der Waals surface area contributed by atoms with Gasteiger partial charge in [0.05, 0.1) is 5.02 Å². The molecule has 0 spiro atoms. The van der Waals surface area contributed by atoms with Crippen molar-refractivity contribution in [1.82, 2.24) is 10.2 Å². The van der Waals surface area contributed by atoms with Crippen molar-refractivity contribution in [3.8, 4) is 5.75 Å². The minimum atomic E-state index is -0.556. The molecule has 32 heavy (non-hydrogen) atoms. The first kappa shape index (κ1) is 24.1. The van der Waals surface area contributed by atoms with Crippen molar-refractivity contribution in [2.24, 2.45) is 0 Å². The van der Waals surface area contributed by atoms with E-state index in [1.54, 1.807) is 17.0 Å². The van der Waals surface area contributed by atoms with Crippen molar-refractivity contribution >= 4 is 23.4 Å². The molecule has 6 heteroatoms. The Bertz CT molecular complexity index is 911. The molecule has 1 aliphatic carbocycles. The lowest BCUT2D eigenvalue weighted by molar-refractivity contribution is -0.143. The number of hydrogen-bond acceptors (Lipinski definition) is 3. The van der Waals surface area contributed by atoms with E-state index in [0.29, 0.717) is 23.7 Å². The molecule has 3 rings (SSSR count). The van der Waals surface area contributed by atoms with Crippen LogP contribution < -0.4 is 10.1 Å². The smallest absolute Gasteiger partial charge is 0.261 e. The van der Waals surface area contributed by atoms with Gasteiger partial charge < -0.3 is 15.0 Å². The second-order valence-electron chi connectivity index (χ2n) is 8.50. The molecule has 1 unspecified atom stereocenters. The van der Waals surface area contributed by atoms with Crippen molar-refractivity contribution in [3.05, 3.63) is 64.7 Å². The molecule has 0 aliphatic heterocycles. The topological polar surface area (TPSA) is 58.6 Å². The van der Waals surface area contributed by atoms with Gasteiger partial charge in [-0.25, -0.2) is 0 Å². The van der Waals surface area contributed by atoms with Crippen LogP contribution in [-0.2, 0) is 16.1 Å². The minimum absolute atomic E-state index is 0.0850. The first-order valence-electron chi connectivity index (χ1n) is 11.5. The Morgan fingerprint density at radius 2 is 1.88 bits per heavy atom. The summed E-state index contributed by atoms with van der Waals surface area (Å²) in [6, 6.07) is 14.7. The maximum Gasteiger partial charge on any atom is 0.261 e. The fourth-order valence-corrected chi connectivity index (χ4v) is 4.45. The Morgan fingerprint density at radius 3 is 2.56 bits per heavy atom. The maximum absolute atomic E-state index is 13.3. The monoisotopic (exact) mass is 456 g/mol. The number of benzene rings is 2. The van der Waals surface area contributed by atoms with Crippen LogP contribution in [0.2, 0.25) is 5.02 Å². The molecule has 0 heterocycles. The third kappa shape index (κ3) is 6.73. The number of aryl methyl sites for hydroxylation is 1. The van der Waals surface area contributed by atoms with Crippen LogP contribution in [0.4, 0.5) is 0 Å². The summed E-state index contributed by atoms with van der Waals surface area (Å²) < 4.78 is 5.71. The summed E-state index contributed by atoms with van der Waals surface area (Å²) in [6.07, 6.45) is 6.04. The fraction of sp³-hybridized carbons (Fsp3) is 0.462. The zero-order valence-electron chi connectivity index (χ0n) is 19.0. The number of nitrogens with zero attached hydrogens (tertiary/aromatic N) is 1. The molecule has 0 bridgehead atoms. The van der Waals surface area contributed by atoms with Crippen molar-refractivity contribution < 1.29 is 14.3 Å². The molecule has 0 radical (unpaired) electrons. The standard InChI is InChI=1S/C26H33ClN2O3/c1-3-23(26(31)28-21-12-5-4-6-13-21)29(17-20-11-9-10-19(2)16-20)25(30)18-32-24-15-8-7-14-22(24)27/h7-11,14-16,21,23H,3-6,12-13,17-18H2,1-2H3,(H,28,31). The summed E-state index contributed by atoms with van der Waals surface area (Å²) in [5, 5.41) is 3.64. The molecule has 2 aromatic rings. The van der Waals surface area contributed by atoms with E-state index in [0.717, 1.165) is 36.8 Å². The molecular formula is C26H33ClN2O3. The van der Waals surface area contributed by atoms with Gasteiger partial charge in [-0.15, -0.1) is 0 Å². The lowest BCUT2D eigenvalue weighted by Gasteiger charge is -2.32.